The third kappa shape index (κ3) is 4.66. The Morgan fingerprint density at radius 3 is 2.68 bits per heavy atom. The average molecular weight is 416 g/mol. The molecule has 1 atom stereocenters. The van der Waals surface area contributed by atoms with E-state index in [9.17, 15) is 4.79 Å². The minimum atomic E-state index is -0.158. The molecular weight excluding hydrogens is 392 g/mol. The minimum absolute atomic E-state index is 0.142. The van der Waals surface area contributed by atoms with Gasteiger partial charge in [-0.2, -0.15) is 0 Å². The van der Waals surface area contributed by atoms with Gasteiger partial charge in [-0.05, 0) is 56.7 Å². The van der Waals surface area contributed by atoms with E-state index in [1.807, 2.05) is 67.9 Å². The molecule has 31 heavy (non-hydrogen) atoms. The summed E-state index contributed by atoms with van der Waals surface area (Å²) in [6.45, 7) is 6.03. The highest BCUT2D eigenvalue weighted by Gasteiger charge is 2.14. The van der Waals surface area contributed by atoms with Gasteiger partial charge in [0.25, 0.3) is 5.91 Å². The molecule has 0 aliphatic heterocycles. The maximum atomic E-state index is 12.8. The topological polar surface area (TPSA) is 82.2 Å². The van der Waals surface area contributed by atoms with Crippen molar-refractivity contribution in [3.05, 3.63) is 95.4 Å². The van der Waals surface area contributed by atoms with Crippen molar-refractivity contribution in [2.24, 2.45) is 0 Å². The van der Waals surface area contributed by atoms with Gasteiger partial charge in [0, 0.05) is 23.6 Å². The van der Waals surface area contributed by atoms with Gasteiger partial charge in [0.05, 0.1) is 23.6 Å². The Morgan fingerprint density at radius 2 is 2.00 bits per heavy atom. The highest BCUT2D eigenvalue weighted by Crippen LogP contribution is 2.20. The van der Waals surface area contributed by atoms with Gasteiger partial charge < -0.3 is 19.1 Å². The number of hydrogen-bond acceptors (Lipinski definition) is 5. The number of nitrogens with one attached hydrogen (secondary N) is 1. The molecule has 0 bridgehead atoms. The first kappa shape index (κ1) is 20.4. The Bertz CT molecular complexity index is 1140. The van der Waals surface area contributed by atoms with Gasteiger partial charge in [0.1, 0.15) is 18.1 Å². The van der Waals surface area contributed by atoms with Crippen molar-refractivity contribution in [3.63, 3.8) is 0 Å². The Kier molecular flexibility index (Phi) is 5.84. The van der Waals surface area contributed by atoms with Crippen molar-refractivity contribution < 1.29 is 14.1 Å². The molecule has 0 spiro atoms. The normalized spacial score (nSPS) is 11.8. The molecule has 2 heterocycles. The average Bonchev–Trinajstić information content (AvgIpc) is 3.43. The lowest BCUT2D eigenvalue weighted by atomic mass is 10.1. The smallest absolute Gasteiger partial charge is 0.251 e. The summed E-state index contributed by atoms with van der Waals surface area (Å²) >= 11 is 0. The van der Waals surface area contributed by atoms with Crippen LogP contribution < -0.4 is 10.1 Å². The number of amides is 1. The van der Waals surface area contributed by atoms with Crippen LogP contribution in [0.3, 0.4) is 0 Å². The molecule has 4 rings (SSSR count). The van der Waals surface area contributed by atoms with E-state index in [1.54, 1.807) is 24.7 Å². The van der Waals surface area contributed by atoms with Crippen LogP contribution in [0.25, 0.3) is 5.69 Å². The molecule has 1 unspecified atom stereocenters. The Balaban J connectivity index is 1.39. The van der Waals surface area contributed by atoms with Gasteiger partial charge in [0.2, 0.25) is 0 Å². The van der Waals surface area contributed by atoms with Crippen molar-refractivity contribution in [1.29, 1.82) is 0 Å². The number of aromatic nitrogens is 3. The fraction of sp³-hybridized carbons (Fsp3) is 0.208. The van der Waals surface area contributed by atoms with Crippen LogP contribution in [-0.4, -0.2) is 20.6 Å². The number of ether oxygens (including phenoxy) is 1. The molecule has 0 aliphatic rings. The molecule has 0 saturated heterocycles. The standard InChI is InChI=1S/C24H24N4O3/c1-16(19-7-9-21(10-8-19)28-12-11-25-15-28)26-24(29)20-5-4-6-22(13-20)30-14-23-17(2)27-31-18(23)3/h4-13,15-16H,14H2,1-3H3,(H,26,29). The number of benzene rings is 2. The summed E-state index contributed by atoms with van der Waals surface area (Å²) in [5.74, 6) is 1.19. The fourth-order valence-electron chi connectivity index (χ4n) is 3.30. The zero-order chi connectivity index (χ0) is 21.8. The van der Waals surface area contributed by atoms with Gasteiger partial charge in [-0.3, -0.25) is 4.79 Å². The lowest BCUT2D eigenvalue weighted by Crippen LogP contribution is -2.26. The van der Waals surface area contributed by atoms with Crippen LogP contribution in [-0.2, 0) is 6.61 Å². The second kappa shape index (κ2) is 8.87. The quantitative estimate of drug-likeness (QED) is 0.478. The van der Waals surface area contributed by atoms with Crippen molar-refractivity contribution in [3.8, 4) is 11.4 Å². The van der Waals surface area contributed by atoms with Crippen LogP contribution >= 0.6 is 0 Å². The molecule has 2 aromatic heterocycles. The predicted octanol–water partition coefficient (Wildman–Crippen LogP) is 4.55. The molecule has 0 fully saturated rings. The van der Waals surface area contributed by atoms with E-state index in [2.05, 4.69) is 15.5 Å². The number of carbonyl (C=O) groups excluding carboxylic acids is 1. The van der Waals surface area contributed by atoms with Crippen molar-refractivity contribution in [1.82, 2.24) is 20.0 Å². The summed E-state index contributed by atoms with van der Waals surface area (Å²) in [6, 6.07) is 15.0. The van der Waals surface area contributed by atoms with Crippen molar-refractivity contribution >= 4 is 5.91 Å². The van der Waals surface area contributed by atoms with Gasteiger partial charge in [-0.15, -0.1) is 0 Å². The third-order valence-electron chi connectivity index (χ3n) is 5.20. The maximum absolute atomic E-state index is 12.8. The van der Waals surface area contributed by atoms with E-state index in [0.29, 0.717) is 17.9 Å². The number of imidazole rings is 1. The fourth-order valence-corrected chi connectivity index (χ4v) is 3.30. The predicted molar refractivity (Wildman–Crippen MR) is 116 cm³/mol. The van der Waals surface area contributed by atoms with Crippen LogP contribution in [0, 0.1) is 13.8 Å². The molecule has 0 radical (unpaired) electrons. The molecule has 158 valence electrons. The molecule has 7 heteroatoms. The SMILES string of the molecule is Cc1noc(C)c1COc1cccc(C(=O)NC(C)c2ccc(-n3ccnc3)cc2)c1. The lowest BCUT2D eigenvalue weighted by molar-refractivity contribution is 0.0939. The summed E-state index contributed by atoms with van der Waals surface area (Å²) in [5, 5.41) is 6.98. The van der Waals surface area contributed by atoms with Gasteiger partial charge in [0.15, 0.2) is 0 Å². The van der Waals surface area contributed by atoms with E-state index < -0.39 is 0 Å². The molecule has 1 N–H and O–H groups in total. The lowest BCUT2D eigenvalue weighted by Gasteiger charge is -2.15. The summed E-state index contributed by atoms with van der Waals surface area (Å²) in [6.07, 6.45) is 5.38. The van der Waals surface area contributed by atoms with Gasteiger partial charge >= 0.3 is 0 Å². The third-order valence-corrected chi connectivity index (χ3v) is 5.20. The Morgan fingerprint density at radius 1 is 1.19 bits per heavy atom. The van der Waals surface area contributed by atoms with E-state index in [1.165, 1.54) is 0 Å². The number of hydrogen-bond donors (Lipinski definition) is 1. The summed E-state index contributed by atoms with van der Waals surface area (Å²) < 4.78 is 12.9. The monoisotopic (exact) mass is 416 g/mol. The molecule has 0 saturated carbocycles. The van der Waals surface area contributed by atoms with Crippen LogP contribution in [0.5, 0.6) is 5.75 Å². The van der Waals surface area contributed by atoms with Crippen molar-refractivity contribution in [2.75, 3.05) is 0 Å². The molecule has 2 aromatic carbocycles. The number of rotatable bonds is 7. The molecule has 1 amide bonds. The molecule has 7 nitrogen and oxygen atoms in total. The summed E-state index contributed by atoms with van der Waals surface area (Å²) in [5.41, 5.74) is 4.30. The Hall–Kier alpha value is -3.87. The zero-order valence-electron chi connectivity index (χ0n) is 17.7. The van der Waals surface area contributed by atoms with E-state index in [-0.39, 0.29) is 11.9 Å². The molecular formula is C24H24N4O3. The first-order valence-corrected chi connectivity index (χ1v) is 10.0. The molecule has 4 aromatic rings. The second-order valence-corrected chi connectivity index (χ2v) is 7.38. The summed E-state index contributed by atoms with van der Waals surface area (Å²) in [4.78, 5) is 16.8. The van der Waals surface area contributed by atoms with Crippen LogP contribution in [0.2, 0.25) is 0 Å². The molecule has 0 aliphatic carbocycles. The number of aryl methyl sites for hydroxylation is 2. The summed E-state index contributed by atoms with van der Waals surface area (Å²) in [7, 11) is 0. The first-order chi connectivity index (χ1) is 15.0. The van der Waals surface area contributed by atoms with Crippen LogP contribution in [0.15, 0.2) is 71.8 Å². The van der Waals surface area contributed by atoms with E-state index in [0.717, 1.165) is 28.3 Å². The largest absolute Gasteiger partial charge is 0.489 e. The Labute approximate surface area is 180 Å². The van der Waals surface area contributed by atoms with Crippen molar-refractivity contribution in [2.45, 2.75) is 33.4 Å². The highest BCUT2D eigenvalue weighted by molar-refractivity contribution is 5.94. The zero-order valence-corrected chi connectivity index (χ0v) is 17.7. The number of nitrogens with zero attached hydrogens (tertiary/aromatic N) is 3. The van der Waals surface area contributed by atoms with E-state index >= 15 is 0 Å². The minimum Gasteiger partial charge on any atom is -0.489 e. The number of carbonyl (C=O) groups is 1. The van der Waals surface area contributed by atoms with Crippen LogP contribution in [0.1, 0.15) is 45.9 Å². The van der Waals surface area contributed by atoms with Gasteiger partial charge in [-0.1, -0.05) is 23.4 Å². The second-order valence-electron chi connectivity index (χ2n) is 7.38. The maximum Gasteiger partial charge on any atom is 0.251 e. The highest BCUT2D eigenvalue weighted by atomic mass is 16.5. The van der Waals surface area contributed by atoms with Gasteiger partial charge in [-0.25, -0.2) is 4.98 Å². The first-order valence-electron chi connectivity index (χ1n) is 10.0. The van der Waals surface area contributed by atoms with E-state index in [4.69, 9.17) is 9.26 Å². The van der Waals surface area contributed by atoms with Crippen LogP contribution in [0.4, 0.5) is 0 Å².